The molecule has 0 aliphatic rings. The molecule has 0 spiro atoms. The van der Waals surface area contributed by atoms with E-state index in [1.165, 1.54) is 128 Å². The number of rotatable bonds is 28. The lowest BCUT2D eigenvalue weighted by Crippen LogP contribution is -2.19. The molecule has 0 aromatic carbocycles. The standard InChI is InChI=1S/C30H60O3/c1-3-5-7-24-28-32-30(33-29-25-8-6-4-2)26-22-20-18-16-14-12-10-9-11-13-15-17-19-21-23-27-31/h19,21,30-31H,3-18,20,22-29H2,1-2H3/b21-19+. The first-order valence-electron chi connectivity index (χ1n) is 14.8. The van der Waals surface area contributed by atoms with Gasteiger partial charge in [-0.2, -0.15) is 0 Å². The summed E-state index contributed by atoms with van der Waals surface area (Å²) in [6, 6.07) is 0. The SMILES string of the molecule is CCCCCCOC(CCCCCCCCCCCCC/C=C/CCO)OCCCCCC. The highest BCUT2D eigenvalue weighted by Crippen LogP contribution is 2.15. The van der Waals surface area contributed by atoms with Crippen molar-refractivity contribution in [3.05, 3.63) is 12.2 Å². The van der Waals surface area contributed by atoms with Crippen LogP contribution in [0.25, 0.3) is 0 Å². The molecule has 3 nitrogen and oxygen atoms in total. The van der Waals surface area contributed by atoms with Crippen molar-refractivity contribution in [3.63, 3.8) is 0 Å². The van der Waals surface area contributed by atoms with Gasteiger partial charge in [-0.15, -0.1) is 0 Å². The highest BCUT2D eigenvalue weighted by Gasteiger charge is 2.09. The molecule has 0 fully saturated rings. The van der Waals surface area contributed by atoms with E-state index in [-0.39, 0.29) is 12.9 Å². The molecule has 0 saturated carbocycles. The minimum Gasteiger partial charge on any atom is -0.396 e. The van der Waals surface area contributed by atoms with E-state index in [9.17, 15) is 0 Å². The zero-order valence-electron chi connectivity index (χ0n) is 22.7. The van der Waals surface area contributed by atoms with Gasteiger partial charge in [-0.05, 0) is 44.9 Å². The van der Waals surface area contributed by atoms with Crippen LogP contribution in [0.1, 0.15) is 155 Å². The Morgan fingerprint density at radius 2 is 0.939 bits per heavy atom. The summed E-state index contributed by atoms with van der Waals surface area (Å²) < 4.78 is 12.2. The van der Waals surface area contributed by atoms with Crippen LogP contribution in [0.3, 0.4) is 0 Å². The molecule has 0 unspecified atom stereocenters. The average Bonchev–Trinajstić information content (AvgIpc) is 2.83. The fraction of sp³-hybridized carbons (Fsp3) is 0.933. The first kappa shape index (κ1) is 32.6. The van der Waals surface area contributed by atoms with Crippen LogP contribution in [-0.4, -0.2) is 31.2 Å². The lowest BCUT2D eigenvalue weighted by molar-refractivity contribution is -0.148. The maximum Gasteiger partial charge on any atom is 0.157 e. The van der Waals surface area contributed by atoms with E-state index in [0.717, 1.165) is 26.1 Å². The molecule has 0 aliphatic carbocycles. The number of aliphatic hydroxyl groups is 1. The van der Waals surface area contributed by atoms with E-state index in [1.54, 1.807) is 0 Å². The molecule has 3 heteroatoms. The van der Waals surface area contributed by atoms with E-state index in [0.29, 0.717) is 0 Å². The Morgan fingerprint density at radius 3 is 1.42 bits per heavy atom. The second-order valence-corrected chi connectivity index (χ2v) is 9.74. The third-order valence-electron chi connectivity index (χ3n) is 6.38. The van der Waals surface area contributed by atoms with Gasteiger partial charge in [0.1, 0.15) is 0 Å². The van der Waals surface area contributed by atoms with Crippen LogP contribution < -0.4 is 0 Å². The van der Waals surface area contributed by atoms with Crippen molar-refractivity contribution in [1.82, 2.24) is 0 Å². The molecule has 0 rings (SSSR count). The van der Waals surface area contributed by atoms with Crippen LogP contribution in [0.4, 0.5) is 0 Å². The number of unbranched alkanes of at least 4 members (excludes halogenated alkanes) is 17. The minimum absolute atomic E-state index is 0.0263. The first-order valence-corrected chi connectivity index (χ1v) is 14.8. The zero-order chi connectivity index (χ0) is 24.1. The molecule has 0 atom stereocenters. The quantitative estimate of drug-likeness (QED) is 0.0705. The second-order valence-electron chi connectivity index (χ2n) is 9.74. The maximum atomic E-state index is 8.73. The Hall–Kier alpha value is -0.380. The van der Waals surface area contributed by atoms with Crippen molar-refractivity contribution >= 4 is 0 Å². The summed E-state index contributed by atoms with van der Waals surface area (Å²) in [4.78, 5) is 0. The third-order valence-corrected chi connectivity index (χ3v) is 6.38. The summed E-state index contributed by atoms with van der Waals surface area (Å²) in [7, 11) is 0. The largest absolute Gasteiger partial charge is 0.396 e. The lowest BCUT2D eigenvalue weighted by atomic mass is 10.0. The van der Waals surface area contributed by atoms with E-state index >= 15 is 0 Å². The van der Waals surface area contributed by atoms with Gasteiger partial charge in [-0.3, -0.25) is 0 Å². The number of ether oxygens (including phenoxy) is 2. The highest BCUT2D eigenvalue weighted by atomic mass is 16.7. The lowest BCUT2D eigenvalue weighted by Gasteiger charge is -2.19. The van der Waals surface area contributed by atoms with Crippen molar-refractivity contribution < 1.29 is 14.6 Å². The van der Waals surface area contributed by atoms with E-state index in [4.69, 9.17) is 14.6 Å². The molecule has 0 heterocycles. The predicted octanol–water partition coefficient (Wildman–Crippen LogP) is 9.52. The Morgan fingerprint density at radius 1 is 0.515 bits per heavy atom. The van der Waals surface area contributed by atoms with Crippen LogP contribution in [0.5, 0.6) is 0 Å². The molecular weight excluding hydrogens is 408 g/mol. The summed E-state index contributed by atoms with van der Waals surface area (Å²) in [6.07, 6.45) is 32.4. The van der Waals surface area contributed by atoms with Gasteiger partial charge < -0.3 is 14.6 Å². The highest BCUT2D eigenvalue weighted by molar-refractivity contribution is 4.80. The Balaban J connectivity index is 3.58. The molecule has 0 amide bonds. The van der Waals surface area contributed by atoms with Gasteiger partial charge in [-0.25, -0.2) is 0 Å². The smallest absolute Gasteiger partial charge is 0.157 e. The van der Waals surface area contributed by atoms with Crippen molar-refractivity contribution in [2.24, 2.45) is 0 Å². The van der Waals surface area contributed by atoms with E-state index in [1.807, 2.05) is 0 Å². The van der Waals surface area contributed by atoms with Gasteiger partial charge in [-0.1, -0.05) is 122 Å². The van der Waals surface area contributed by atoms with Crippen molar-refractivity contribution in [1.29, 1.82) is 0 Å². The molecule has 33 heavy (non-hydrogen) atoms. The topological polar surface area (TPSA) is 38.7 Å². The van der Waals surface area contributed by atoms with Crippen molar-refractivity contribution in [3.8, 4) is 0 Å². The minimum atomic E-state index is 0.0263. The van der Waals surface area contributed by atoms with Gasteiger partial charge in [0.2, 0.25) is 0 Å². The third kappa shape index (κ3) is 27.7. The Labute approximate surface area is 208 Å². The summed E-state index contributed by atoms with van der Waals surface area (Å²) in [5.41, 5.74) is 0. The first-order chi connectivity index (χ1) is 16.3. The maximum absolute atomic E-state index is 8.73. The molecule has 0 aromatic rings. The van der Waals surface area contributed by atoms with E-state index < -0.39 is 0 Å². The van der Waals surface area contributed by atoms with Crippen LogP contribution in [0, 0.1) is 0 Å². The van der Waals surface area contributed by atoms with Crippen LogP contribution in [-0.2, 0) is 9.47 Å². The van der Waals surface area contributed by atoms with E-state index in [2.05, 4.69) is 26.0 Å². The Kier molecular flexibility index (Phi) is 29.3. The van der Waals surface area contributed by atoms with Gasteiger partial charge >= 0.3 is 0 Å². The molecule has 198 valence electrons. The van der Waals surface area contributed by atoms with Gasteiger partial charge in [0.25, 0.3) is 0 Å². The van der Waals surface area contributed by atoms with Gasteiger partial charge in [0.15, 0.2) is 6.29 Å². The Bertz CT molecular complexity index is 356. The molecule has 0 radical (unpaired) electrons. The van der Waals surface area contributed by atoms with Crippen molar-refractivity contribution in [2.45, 2.75) is 161 Å². The normalized spacial score (nSPS) is 11.9. The fourth-order valence-electron chi connectivity index (χ4n) is 4.18. The number of aliphatic hydroxyl groups excluding tert-OH is 1. The molecule has 0 saturated heterocycles. The second kappa shape index (κ2) is 29.7. The number of hydrogen-bond donors (Lipinski definition) is 1. The summed E-state index contributed by atoms with van der Waals surface area (Å²) >= 11 is 0. The summed E-state index contributed by atoms with van der Waals surface area (Å²) in [5, 5.41) is 8.73. The molecule has 0 aliphatic heterocycles. The summed E-state index contributed by atoms with van der Waals surface area (Å²) in [6.45, 7) is 6.51. The average molecular weight is 469 g/mol. The van der Waals surface area contributed by atoms with Crippen LogP contribution >= 0.6 is 0 Å². The van der Waals surface area contributed by atoms with Gasteiger partial charge in [0, 0.05) is 19.8 Å². The van der Waals surface area contributed by atoms with Gasteiger partial charge in [0.05, 0.1) is 0 Å². The zero-order valence-corrected chi connectivity index (χ0v) is 22.7. The fourth-order valence-corrected chi connectivity index (χ4v) is 4.18. The number of allylic oxidation sites excluding steroid dienone is 1. The number of hydrogen-bond acceptors (Lipinski definition) is 3. The molecule has 1 N–H and O–H groups in total. The predicted molar refractivity (Wildman–Crippen MR) is 145 cm³/mol. The summed E-state index contributed by atoms with van der Waals surface area (Å²) in [5.74, 6) is 0. The monoisotopic (exact) mass is 468 g/mol. The molecule has 0 bridgehead atoms. The molecule has 0 aromatic heterocycles. The molecular formula is C30H60O3. The van der Waals surface area contributed by atoms with Crippen molar-refractivity contribution in [2.75, 3.05) is 19.8 Å². The van der Waals surface area contributed by atoms with Crippen LogP contribution in [0.2, 0.25) is 0 Å². The van der Waals surface area contributed by atoms with Crippen LogP contribution in [0.15, 0.2) is 12.2 Å².